The van der Waals surface area contributed by atoms with Crippen LogP contribution in [0.25, 0.3) is 0 Å². The van der Waals surface area contributed by atoms with Crippen molar-refractivity contribution in [3.63, 3.8) is 0 Å². The van der Waals surface area contributed by atoms with Crippen LogP contribution in [-0.4, -0.2) is 38.9 Å². The number of hydrogen-bond donors (Lipinski definition) is 2. The number of aromatic nitrogens is 5. The van der Waals surface area contributed by atoms with Gasteiger partial charge in [-0.05, 0) is 18.2 Å². The Morgan fingerprint density at radius 1 is 1.50 bits per heavy atom. The van der Waals surface area contributed by atoms with Crippen molar-refractivity contribution >= 4 is 17.6 Å². The van der Waals surface area contributed by atoms with Gasteiger partial charge in [-0.25, -0.2) is 19.9 Å². The lowest BCUT2D eigenvalue weighted by molar-refractivity contribution is 0.400. The molecule has 0 spiro atoms. The van der Waals surface area contributed by atoms with Crippen molar-refractivity contribution in [2.75, 3.05) is 19.5 Å². The highest BCUT2D eigenvalue weighted by Gasteiger charge is 2.16. The van der Waals surface area contributed by atoms with Crippen LogP contribution in [0.2, 0.25) is 0 Å². The van der Waals surface area contributed by atoms with Gasteiger partial charge in [0.05, 0.1) is 7.11 Å². The standard InChI is InChI=1S/C11H16N6O2S/c1-4-5-17-10(18)15-16-11(17)20-9-7(19-3)8(12-2)13-6-14-9/h6H,4-5H2,1-3H3,(H,15,18)(H,12,13,14). The van der Waals surface area contributed by atoms with Crippen molar-refractivity contribution in [2.24, 2.45) is 0 Å². The number of rotatable bonds is 6. The molecule has 2 aromatic rings. The summed E-state index contributed by atoms with van der Waals surface area (Å²) in [6.45, 7) is 2.60. The van der Waals surface area contributed by atoms with Crippen molar-refractivity contribution in [3.05, 3.63) is 16.8 Å². The number of H-pyrrole nitrogens is 1. The summed E-state index contributed by atoms with van der Waals surface area (Å²) in [4.78, 5) is 19.9. The minimum Gasteiger partial charge on any atom is -0.490 e. The number of nitrogens with zero attached hydrogens (tertiary/aromatic N) is 4. The zero-order chi connectivity index (χ0) is 14.5. The first-order valence-corrected chi connectivity index (χ1v) is 6.92. The lowest BCUT2D eigenvalue weighted by Crippen LogP contribution is -2.17. The highest BCUT2D eigenvalue weighted by Crippen LogP contribution is 2.35. The Hall–Kier alpha value is -2.03. The Morgan fingerprint density at radius 3 is 2.95 bits per heavy atom. The summed E-state index contributed by atoms with van der Waals surface area (Å²) in [5.41, 5.74) is -0.226. The van der Waals surface area contributed by atoms with Gasteiger partial charge in [-0.3, -0.25) is 4.57 Å². The fraction of sp³-hybridized carbons (Fsp3) is 0.455. The Bertz CT molecular complexity index is 638. The second-order valence-electron chi connectivity index (χ2n) is 3.88. The largest absolute Gasteiger partial charge is 0.490 e. The molecule has 2 aromatic heterocycles. The molecule has 0 aliphatic heterocycles. The molecule has 8 nitrogen and oxygen atoms in total. The minimum atomic E-state index is -0.226. The number of nitrogens with one attached hydrogen (secondary N) is 2. The highest BCUT2D eigenvalue weighted by atomic mass is 32.2. The second kappa shape index (κ2) is 6.42. The van der Waals surface area contributed by atoms with Crippen LogP contribution in [0.4, 0.5) is 5.82 Å². The summed E-state index contributed by atoms with van der Waals surface area (Å²) in [7, 11) is 3.30. The maximum Gasteiger partial charge on any atom is 0.343 e. The molecule has 0 unspecified atom stereocenters. The Morgan fingerprint density at radius 2 is 2.30 bits per heavy atom. The van der Waals surface area contributed by atoms with Gasteiger partial charge in [0.1, 0.15) is 6.33 Å². The van der Waals surface area contributed by atoms with Crippen molar-refractivity contribution in [1.82, 2.24) is 24.7 Å². The van der Waals surface area contributed by atoms with Crippen LogP contribution in [-0.2, 0) is 6.54 Å². The molecule has 0 radical (unpaired) electrons. The molecule has 0 fully saturated rings. The number of methoxy groups -OCH3 is 1. The average Bonchev–Trinajstić information content (AvgIpc) is 2.80. The third-order valence-electron chi connectivity index (χ3n) is 2.57. The van der Waals surface area contributed by atoms with Crippen LogP contribution in [0.3, 0.4) is 0 Å². The topological polar surface area (TPSA) is 97.7 Å². The van der Waals surface area contributed by atoms with E-state index in [1.54, 1.807) is 18.7 Å². The van der Waals surface area contributed by atoms with Gasteiger partial charge in [-0.1, -0.05) is 6.92 Å². The molecule has 2 N–H and O–H groups in total. The van der Waals surface area contributed by atoms with E-state index in [1.807, 2.05) is 6.92 Å². The van der Waals surface area contributed by atoms with Gasteiger partial charge in [-0.15, -0.1) is 5.10 Å². The van der Waals surface area contributed by atoms with E-state index in [1.165, 1.54) is 18.1 Å². The summed E-state index contributed by atoms with van der Waals surface area (Å²) < 4.78 is 6.89. The lowest BCUT2D eigenvalue weighted by Gasteiger charge is -2.10. The van der Waals surface area contributed by atoms with Crippen molar-refractivity contribution in [1.29, 1.82) is 0 Å². The second-order valence-corrected chi connectivity index (χ2v) is 4.83. The van der Waals surface area contributed by atoms with E-state index in [4.69, 9.17) is 4.74 Å². The molecular formula is C11H16N6O2S. The minimum absolute atomic E-state index is 0.226. The van der Waals surface area contributed by atoms with Crippen molar-refractivity contribution in [3.8, 4) is 5.75 Å². The van der Waals surface area contributed by atoms with Crippen molar-refractivity contribution < 1.29 is 4.74 Å². The highest BCUT2D eigenvalue weighted by molar-refractivity contribution is 7.99. The molecule has 9 heteroatoms. The van der Waals surface area contributed by atoms with E-state index in [0.29, 0.717) is 28.3 Å². The van der Waals surface area contributed by atoms with Gasteiger partial charge in [0, 0.05) is 13.6 Å². The van der Waals surface area contributed by atoms with Crippen LogP contribution in [0, 0.1) is 0 Å². The summed E-state index contributed by atoms with van der Waals surface area (Å²) in [5, 5.41) is 10.5. The van der Waals surface area contributed by atoms with E-state index >= 15 is 0 Å². The Balaban J connectivity index is 2.37. The molecule has 20 heavy (non-hydrogen) atoms. The maximum atomic E-state index is 11.7. The first-order valence-electron chi connectivity index (χ1n) is 6.11. The summed E-state index contributed by atoms with van der Waals surface area (Å²) in [6.07, 6.45) is 2.28. The fourth-order valence-electron chi connectivity index (χ4n) is 1.68. The average molecular weight is 296 g/mol. The molecule has 2 heterocycles. The predicted octanol–water partition coefficient (Wildman–Crippen LogP) is 0.973. The van der Waals surface area contributed by atoms with Gasteiger partial charge < -0.3 is 10.1 Å². The van der Waals surface area contributed by atoms with Crippen LogP contribution in [0.1, 0.15) is 13.3 Å². The molecule has 0 aliphatic rings. The molecule has 0 amide bonds. The molecule has 0 bridgehead atoms. The zero-order valence-corrected chi connectivity index (χ0v) is 12.3. The maximum absolute atomic E-state index is 11.7. The Labute approximate surface area is 120 Å². The first-order chi connectivity index (χ1) is 9.71. The van der Waals surface area contributed by atoms with Crippen molar-refractivity contribution in [2.45, 2.75) is 30.1 Å². The molecule has 108 valence electrons. The summed E-state index contributed by atoms with van der Waals surface area (Å²) in [6, 6.07) is 0. The number of aromatic amines is 1. The molecular weight excluding hydrogens is 280 g/mol. The molecule has 0 aromatic carbocycles. The van der Waals surface area contributed by atoms with E-state index in [-0.39, 0.29) is 5.69 Å². The van der Waals surface area contributed by atoms with Crippen LogP contribution < -0.4 is 15.7 Å². The van der Waals surface area contributed by atoms with E-state index in [9.17, 15) is 4.79 Å². The van der Waals surface area contributed by atoms with Gasteiger partial charge in [0.25, 0.3) is 0 Å². The van der Waals surface area contributed by atoms with Gasteiger partial charge in [-0.2, -0.15) is 0 Å². The quantitative estimate of drug-likeness (QED) is 0.766. The van der Waals surface area contributed by atoms with E-state index in [2.05, 4.69) is 25.5 Å². The zero-order valence-electron chi connectivity index (χ0n) is 11.5. The Kier molecular flexibility index (Phi) is 4.61. The molecule has 0 saturated heterocycles. The predicted molar refractivity (Wildman–Crippen MR) is 75.4 cm³/mol. The number of ether oxygens (including phenoxy) is 1. The van der Waals surface area contributed by atoms with Crippen LogP contribution in [0.5, 0.6) is 5.75 Å². The van der Waals surface area contributed by atoms with Crippen LogP contribution in [0.15, 0.2) is 21.3 Å². The molecule has 0 atom stereocenters. The fourth-order valence-corrected chi connectivity index (χ4v) is 2.60. The molecule has 2 rings (SSSR count). The van der Waals surface area contributed by atoms with Gasteiger partial charge in [0.2, 0.25) is 0 Å². The number of hydrogen-bond acceptors (Lipinski definition) is 7. The lowest BCUT2D eigenvalue weighted by atomic mass is 10.5. The summed E-state index contributed by atoms with van der Waals surface area (Å²) >= 11 is 1.26. The third-order valence-corrected chi connectivity index (χ3v) is 3.55. The van der Waals surface area contributed by atoms with E-state index < -0.39 is 0 Å². The SMILES string of the molecule is CCCn1c(Sc2ncnc(NC)c2OC)n[nH]c1=O. The smallest absolute Gasteiger partial charge is 0.343 e. The number of anilines is 1. The molecule has 0 saturated carbocycles. The van der Waals surface area contributed by atoms with E-state index in [0.717, 1.165) is 6.42 Å². The third kappa shape index (κ3) is 2.77. The van der Waals surface area contributed by atoms with Crippen LogP contribution >= 0.6 is 11.8 Å². The normalized spacial score (nSPS) is 10.6. The monoisotopic (exact) mass is 296 g/mol. The molecule has 0 aliphatic carbocycles. The van der Waals surface area contributed by atoms with Gasteiger partial charge in [0.15, 0.2) is 21.7 Å². The van der Waals surface area contributed by atoms with Gasteiger partial charge >= 0.3 is 5.69 Å². The summed E-state index contributed by atoms with van der Waals surface area (Å²) in [5.74, 6) is 1.11. The first kappa shape index (κ1) is 14.4.